The predicted molar refractivity (Wildman–Crippen MR) is 125 cm³/mol. The van der Waals surface area contributed by atoms with Gasteiger partial charge < -0.3 is 18.9 Å². The van der Waals surface area contributed by atoms with Crippen molar-refractivity contribution in [2.45, 2.75) is 40.5 Å². The lowest BCUT2D eigenvalue weighted by Crippen LogP contribution is -2.54. The molecule has 4 bridgehead atoms. The summed E-state index contributed by atoms with van der Waals surface area (Å²) in [4.78, 5) is 51.7. The van der Waals surface area contributed by atoms with Crippen LogP contribution in [0.1, 0.15) is 40.5 Å². The maximum Gasteiger partial charge on any atom is 0.334 e. The molecule has 0 N–H and O–H groups in total. The zero-order valence-electron chi connectivity index (χ0n) is 21.3. The molecule has 8 atom stereocenters. The number of hydrogen-bond acceptors (Lipinski definition) is 8. The Labute approximate surface area is 210 Å². The van der Waals surface area contributed by atoms with Crippen molar-refractivity contribution in [3.05, 3.63) is 22.3 Å². The van der Waals surface area contributed by atoms with E-state index in [1.165, 1.54) is 0 Å². The molecule has 4 saturated carbocycles. The highest BCUT2D eigenvalue weighted by Gasteiger charge is 2.77. The van der Waals surface area contributed by atoms with Gasteiger partial charge in [0, 0.05) is 23.7 Å². The van der Waals surface area contributed by atoms with Gasteiger partial charge in [-0.25, -0.2) is 19.2 Å². The van der Waals surface area contributed by atoms with Crippen LogP contribution in [0.15, 0.2) is 22.3 Å². The molecule has 8 heteroatoms. The summed E-state index contributed by atoms with van der Waals surface area (Å²) in [5.41, 5.74) is 2.08. The quantitative estimate of drug-likeness (QED) is 0.286. The fourth-order valence-electron chi connectivity index (χ4n) is 9.56. The van der Waals surface area contributed by atoms with E-state index in [9.17, 15) is 19.2 Å². The minimum absolute atomic E-state index is 0.0205. The van der Waals surface area contributed by atoms with Crippen molar-refractivity contribution in [1.82, 2.24) is 0 Å². The van der Waals surface area contributed by atoms with E-state index in [0.717, 1.165) is 12.8 Å². The average molecular weight is 499 g/mol. The van der Waals surface area contributed by atoms with Gasteiger partial charge >= 0.3 is 23.9 Å². The Morgan fingerprint density at radius 3 is 0.917 bits per heavy atom. The smallest absolute Gasteiger partial charge is 0.334 e. The maximum absolute atomic E-state index is 12.9. The van der Waals surface area contributed by atoms with Crippen molar-refractivity contribution < 1.29 is 38.1 Å². The van der Waals surface area contributed by atoms with Crippen LogP contribution in [0.2, 0.25) is 0 Å². The van der Waals surface area contributed by atoms with Crippen molar-refractivity contribution in [3.63, 3.8) is 0 Å². The summed E-state index contributed by atoms with van der Waals surface area (Å²) in [7, 11) is 0. The van der Waals surface area contributed by atoms with Gasteiger partial charge in [-0.2, -0.15) is 0 Å². The molecule has 36 heavy (non-hydrogen) atoms. The van der Waals surface area contributed by atoms with Gasteiger partial charge in [0.05, 0.1) is 48.7 Å². The molecule has 0 amide bonds. The van der Waals surface area contributed by atoms with E-state index in [1.807, 2.05) is 0 Å². The van der Waals surface area contributed by atoms with Gasteiger partial charge in [0.25, 0.3) is 0 Å². The number of rotatable bonds is 8. The molecule has 6 aliphatic rings. The Morgan fingerprint density at radius 1 is 0.500 bits per heavy atom. The highest BCUT2D eigenvalue weighted by molar-refractivity contribution is 6.06. The summed E-state index contributed by atoms with van der Waals surface area (Å²) in [5.74, 6) is 0.398. The van der Waals surface area contributed by atoms with Crippen molar-refractivity contribution in [2.75, 3.05) is 26.4 Å². The van der Waals surface area contributed by atoms with Gasteiger partial charge in [-0.15, -0.1) is 0 Å². The molecular weight excluding hydrogens is 464 g/mol. The van der Waals surface area contributed by atoms with Crippen molar-refractivity contribution >= 4 is 23.9 Å². The highest BCUT2D eigenvalue weighted by Crippen LogP contribution is 2.79. The minimum atomic E-state index is -0.396. The van der Waals surface area contributed by atoms with E-state index >= 15 is 0 Å². The van der Waals surface area contributed by atoms with Crippen LogP contribution >= 0.6 is 0 Å². The topological polar surface area (TPSA) is 105 Å². The second-order valence-electron chi connectivity index (χ2n) is 10.9. The summed E-state index contributed by atoms with van der Waals surface area (Å²) < 4.78 is 21.4. The third-order valence-electron chi connectivity index (χ3n) is 10.0. The zero-order valence-corrected chi connectivity index (χ0v) is 21.3. The Balaban J connectivity index is 1.35. The van der Waals surface area contributed by atoms with Crippen LogP contribution in [0.4, 0.5) is 0 Å². The first-order valence-electron chi connectivity index (χ1n) is 13.6. The van der Waals surface area contributed by atoms with Crippen LogP contribution < -0.4 is 0 Å². The largest absolute Gasteiger partial charge is 0.463 e. The van der Waals surface area contributed by atoms with E-state index in [4.69, 9.17) is 18.9 Å². The SMILES string of the molecule is CCOC(=O)C1=C(C(=O)OCC)C2C3CC(C12)C1C2CC(C4C(C(=O)OCC)=C(C(=O)OCC)C24)C31. The first-order chi connectivity index (χ1) is 17.4. The summed E-state index contributed by atoms with van der Waals surface area (Å²) in [6, 6.07) is 0. The standard InChI is InChI=1S/C28H34O8/c1-5-33-25(29)21-17-11-9-12(18(17)22(21)26(30)34-6-2)16-14-10-13(15(11)16)19-20(14)24(28(32)36-8-4)23(19)27(31)35-7-3/h11-20H,5-10H2,1-4H3. The Bertz CT molecular complexity index is 935. The van der Waals surface area contributed by atoms with Crippen molar-refractivity contribution in [3.8, 4) is 0 Å². The lowest BCUT2D eigenvalue weighted by molar-refractivity contribution is -0.148. The molecule has 4 fully saturated rings. The molecule has 0 radical (unpaired) electrons. The van der Waals surface area contributed by atoms with Gasteiger partial charge in [-0.1, -0.05) is 0 Å². The predicted octanol–water partition coefficient (Wildman–Crippen LogP) is 2.86. The third kappa shape index (κ3) is 2.81. The van der Waals surface area contributed by atoms with E-state index in [2.05, 4.69) is 0 Å². The monoisotopic (exact) mass is 498 g/mol. The summed E-state index contributed by atoms with van der Waals surface area (Å²) in [6.45, 7) is 8.12. The van der Waals surface area contributed by atoms with Crippen LogP contribution in [0.5, 0.6) is 0 Å². The number of carbonyl (C=O) groups is 4. The van der Waals surface area contributed by atoms with Crippen molar-refractivity contribution in [1.29, 1.82) is 0 Å². The molecule has 0 aromatic carbocycles. The molecule has 0 aromatic heterocycles. The number of esters is 4. The average Bonchev–Trinajstić information content (AvgIpc) is 3.49. The van der Waals surface area contributed by atoms with Gasteiger partial charge in [0.2, 0.25) is 0 Å². The third-order valence-corrected chi connectivity index (χ3v) is 10.0. The van der Waals surface area contributed by atoms with Crippen LogP contribution in [0, 0.1) is 59.2 Å². The molecule has 8 unspecified atom stereocenters. The van der Waals surface area contributed by atoms with E-state index < -0.39 is 23.9 Å². The lowest BCUT2D eigenvalue weighted by Gasteiger charge is -2.54. The molecule has 0 aromatic rings. The molecule has 0 spiro atoms. The molecule has 0 saturated heterocycles. The first-order valence-corrected chi connectivity index (χ1v) is 13.6. The first kappa shape index (κ1) is 23.7. The van der Waals surface area contributed by atoms with Crippen LogP contribution in [-0.2, 0) is 38.1 Å². The maximum atomic E-state index is 12.9. The Morgan fingerprint density at radius 2 is 0.722 bits per heavy atom. The van der Waals surface area contributed by atoms with Gasteiger partial charge in [-0.05, 0) is 76.0 Å². The van der Waals surface area contributed by atoms with E-state index in [-0.39, 0.29) is 73.8 Å². The molecule has 6 aliphatic carbocycles. The van der Waals surface area contributed by atoms with Gasteiger partial charge in [0.1, 0.15) is 0 Å². The molecular formula is C28H34O8. The number of carbonyl (C=O) groups excluding carboxylic acids is 4. The van der Waals surface area contributed by atoms with Gasteiger partial charge in [-0.3, -0.25) is 0 Å². The van der Waals surface area contributed by atoms with Crippen LogP contribution in [0.3, 0.4) is 0 Å². The van der Waals surface area contributed by atoms with E-state index in [0.29, 0.717) is 34.1 Å². The molecule has 194 valence electrons. The Hall–Kier alpha value is -2.64. The molecule has 0 aliphatic heterocycles. The summed E-state index contributed by atoms with van der Waals surface area (Å²) in [6.07, 6.45) is 1.93. The molecule has 0 heterocycles. The zero-order chi connectivity index (χ0) is 25.5. The Kier molecular flexibility index (Phi) is 5.57. The fourth-order valence-corrected chi connectivity index (χ4v) is 9.56. The number of hydrogen-bond donors (Lipinski definition) is 0. The van der Waals surface area contributed by atoms with E-state index in [1.54, 1.807) is 27.7 Å². The van der Waals surface area contributed by atoms with Crippen LogP contribution in [0.25, 0.3) is 0 Å². The van der Waals surface area contributed by atoms with Gasteiger partial charge in [0.15, 0.2) is 0 Å². The molecule has 8 nitrogen and oxygen atoms in total. The summed E-state index contributed by atoms with van der Waals surface area (Å²) in [5, 5.41) is 0. The fraction of sp³-hybridized carbons (Fsp3) is 0.714. The minimum Gasteiger partial charge on any atom is -0.463 e. The number of ether oxygens (including phenoxy) is 4. The summed E-state index contributed by atoms with van der Waals surface area (Å²) >= 11 is 0. The number of fused-ring (bicyclic) bond motifs is 15. The molecule has 6 rings (SSSR count). The normalized spacial score (nSPS) is 40.1. The van der Waals surface area contributed by atoms with Crippen molar-refractivity contribution in [2.24, 2.45) is 59.2 Å². The highest BCUT2D eigenvalue weighted by atomic mass is 16.5. The lowest BCUT2D eigenvalue weighted by atomic mass is 9.48. The van der Waals surface area contributed by atoms with Crippen LogP contribution in [-0.4, -0.2) is 50.3 Å². The second-order valence-corrected chi connectivity index (χ2v) is 10.9. The second kappa shape index (κ2) is 8.45.